The second-order valence-electron chi connectivity index (χ2n) is 7.47. The van der Waals surface area contributed by atoms with Gasteiger partial charge in [-0.15, -0.1) is 5.92 Å². The second-order valence-corrected chi connectivity index (χ2v) is 10.1. The van der Waals surface area contributed by atoms with Crippen LogP contribution in [0.1, 0.15) is 25.3 Å². The van der Waals surface area contributed by atoms with Crippen molar-refractivity contribution < 1.29 is 23.2 Å². The summed E-state index contributed by atoms with van der Waals surface area (Å²) in [6, 6.07) is 12.7. The van der Waals surface area contributed by atoms with E-state index in [-0.39, 0.29) is 17.9 Å². The average molecular weight is 477 g/mol. The highest BCUT2D eigenvalue weighted by Crippen LogP contribution is 2.30. The van der Waals surface area contributed by atoms with Crippen LogP contribution in [-0.4, -0.2) is 48.9 Å². The molecule has 2 aromatic rings. The Balaban J connectivity index is 1.74. The van der Waals surface area contributed by atoms with Crippen LogP contribution in [0, 0.1) is 11.8 Å². The average Bonchev–Trinajstić information content (AvgIpc) is 2.80. The van der Waals surface area contributed by atoms with Crippen LogP contribution in [0.2, 0.25) is 5.02 Å². The fourth-order valence-corrected chi connectivity index (χ4v) is 5.61. The van der Waals surface area contributed by atoms with Crippen molar-refractivity contribution in [3.63, 3.8) is 0 Å². The van der Waals surface area contributed by atoms with E-state index in [1.165, 1.54) is 12.1 Å². The van der Waals surface area contributed by atoms with Gasteiger partial charge in [0.15, 0.2) is 9.84 Å². The Hall–Kier alpha value is -2.57. The molecular weight excluding hydrogens is 452 g/mol. The molecular formula is C23H25ClN2O5S. The number of hydrogen-bond donors (Lipinski definition) is 2. The molecule has 2 atom stereocenters. The number of rotatable bonds is 7. The Morgan fingerprint density at radius 1 is 1.22 bits per heavy atom. The Labute approximate surface area is 193 Å². The molecule has 1 saturated heterocycles. The summed E-state index contributed by atoms with van der Waals surface area (Å²) in [4.78, 5) is 14.4. The zero-order chi connectivity index (χ0) is 23.1. The van der Waals surface area contributed by atoms with Gasteiger partial charge < -0.3 is 4.74 Å². The van der Waals surface area contributed by atoms with Gasteiger partial charge in [0.1, 0.15) is 12.4 Å². The predicted octanol–water partition coefficient (Wildman–Crippen LogP) is 3.05. The minimum absolute atomic E-state index is 0.0760. The number of piperidine rings is 1. The van der Waals surface area contributed by atoms with E-state index >= 15 is 0 Å². The normalized spacial score (nSPS) is 19.0. The lowest BCUT2D eigenvalue weighted by Gasteiger charge is -2.37. The molecule has 2 N–H and O–H groups in total. The largest absolute Gasteiger partial charge is 0.481 e. The second kappa shape index (κ2) is 10.8. The summed E-state index contributed by atoms with van der Waals surface area (Å²) in [6.45, 7) is 2.77. The highest BCUT2D eigenvalue weighted by atomic mass is 35.5. The van der Waals surface area contributed by atoms with Crippen molar-refractivity contribution in [2.75, 3.05) is 13.2 Å². The zero-order valence-corrected chi connectivity index (χ0v) is 19.2. The number of likely N-dealkylation sites (tertiary alicyclic amines) is 1. The molecule has 1 aliphatic rings. The fourth-order valence-electron chi connectivity index (χ4n) is 3.73. The molecule has 3 rings (SSSR count). The number of sulfone groups is 1. The zero-order valence-electron chi connectivity index (χ0n) is 17.6. The van der Waals surface area contributed by atoms with Crippen LogP contribution in [-0.2, 0) is 21.2 Å². The predicted molar refractivity (Wildman–Crippen MR) is 121 cm³/mol. The number of benzene rings is 2. The van der Waals surface area contributed by atoms with E-state index in [9.17, 15) is 18.4 Å². The molecule has 0 aromatic heterocycles. The van der Waals surface area contributed by atoms with Gasteiger partial charge in [0.25, 0.3) is 5.91 Å². The Kier molecular flexibility index (Phi) is 8.15. The van der Waals surface area contributed by atoms with Crippen molar-refractivity contribution in [1.29, 1.82) is 0 Å². The van der Waals surface area contributed by atoms with Gasteiger partial charge >= 0.3 is 0 Å². The van der Waals surface area contributed by atoms with Crippen molar-refractivity contribution in [2.24, 2.45) is 0 Å². The van der Waals surface area contributed by atoms with E-state index in [4.69, 9.17) is 16.3 Å². The Bertz CT molecular complexity index is 1090. The number of nitrogens with one attached hydrogen (secondary N) is 1. The Morgan fingerprint density at radius 3 is 2.53 bits per heavy atom. The van der Waals surface area contributed by atoms with Crippen molar-refractivity contribution in [3.8, 4) is 17.6 Å². The van der Waals surface area contributed by atoms with Crippen molar-refractivity contribution in [2.45, 2.75) is 42.5 Å². The molecule has 1 amide bonds. The third kappa shape index (κ3) is 5.81. The third-order valence-electron chi connectivity index (χ3n) is 5.46. The van der Waals surface area contributed by atoms with Gasteiger partial charge in [-0.05, 0) is 61.7 Å². The minimum atomic E-state index is -3.67. The van der Waals surface area contributed by atoms with Gasteiger partial charge in [-0.25, -0.2) is 13.9 Å². The minimum Gasteiger partial charge on any atom is -0.481 e. The van der Waals surface area contributed by atoms with Gasteiger partial charge in [-0.3, -0.25) is 14.9 Å². The number of carbonyl (C=O) groups is 1. The quantitative estimate of drug-likeness (QED) is 0.362. The van der Waals surface area contributed by atoms with E-state index in [0.29, 0.717) is 30.3 Å². The van der Waals surface area contributed by atoms with Gasteiger partial charge in [0.2, 0.25) is 0 Å². The maximum Gasteiger partial charge on any atom is 0.260 e. The molecule has 0 spiro atoms. The van der Waals surface area contributed by atoms with E-state index < -0.39 is 27.0 Å². The summed E-state index contributed by atoms with van der Waals surface area (Å²) in [5.74, 6) is 5.41. The van der Waals surface area contributed by atoms with E-state index in [2.05, 4.69) is 11.8 Å². The van der Waals surface area contributed by atoms with Crippen LogP contribution in [0.4, 0.5) is 0 Å². The van der Waals surface area contributed by atoms with E-state index in [1.54, 1.807) is 36.7 Å². The van der Waals surface area contributed by atoms with Crippen LogP contribution >= 0.6 is 11.6 Å². The SMILES string of the molecule is CC#CCOc1ccc(S(=O)(=O)C2CCN(Cc3ccc(Cl)cc3)C(C(=O)NO)C2)cc1. The van der Waals surface area contributed by atoms with Crippen LogP contribution in [0.3, 0.4) is 0 Å². The summed E-state index contributed by atoms with van der Waals surface area (Å²) in [6.07, 6.45) is 0.447. The molecule has 2 aromatic carbocycles. The molecule has 0 saturated carbocycles. The molecule has 2 unspecified atom stereocenters. The molecule has 1 heterocycles. The summed E-state index contributed by atoms with van der Waals surface area (Å²) in [5.41, 5.74) is 2.62. The molecule has 1 fully saturated rings. The molecule has 32 heavy (non-hydrogen) atoms. The third-order valence-corrected chi connectivity index (χ3v) is 7.94. The number of halogens is 1. The standard InChI is InChI=1S/C23H25ClN2O5S/c1-2-3-14-31-19-8-10-20(11-9-19)32(29,30)21-12-13-26(22(15-21)23(27)25-28)16-17-4-6-18(24)7-5-17/h4-11,21-22,28H,12-16H2,1H3,(H,25,27). The highest BCUT2D eigenvalue weighted by Gasteiger charge is 2.39. The summed E-state index contributed by atoms with van der Waals surface area (Å²) < 4.78 is 31.9. The summed E-state index contributed by atoms with van der Waals surface area (Å²) in [5, 5.41) is 9.08. The lowest BCUT2D eigenvalue weighted by molar-refractivity contribution is -0.136. The molecule has 0 aliphatic carbocycles. The number of carbonyl (C=O) groups excluding carboxylic acids is 1. The summed E-state index contributed by atoms with van der Waals surface area (Å²) >= 11 is 5.93. The number of hydrogen-bond acceptors (Lipinski definition) is 6. The number of nitrogens with zero attached hydrogens (tertiary/aromatic N) is 1. The number of hydroxylamine groups is 1. The van der Waals surface area contributed by atoms with Crippen LogP contribution in [0.25, 0.3) is 0 Å². The fraction of sp³-hybridized carbons (Fsp3) is 0.348. The van der Waals surface area contributed by atoms with Crippen LogP contribution in [0.15, 0.2) is 53.4 Å². The first-order valence-electron chi connectivity index (χ1n) is 10.1. The first kappa shape index (κ1) is 24.1. The number of amides is 1. The van der Waals surface area contributed by atoms with Crippen LogP contribution in [0.5, 0.6) is 5.75 Å². The maximum atomic E-state index is 13.2. The lowest BCUT2D eigenvalue weighted by Crippen LogP contribution is -2.52. The maximum absolute atomic E-state index is 13.2. The monoisotopic (exact) mass is 476 g/mol. The van der Waals surface area contributed by atoms with Gasteiger partial charge in [0.05, 0.1) is 16.2 Å². The van der Waals surface area contributed by atoms with Crippen molar-refractivity contribution in [1.82, 2.24) is 10.4 Å². The van der Waals surface area contributed by atoms with E-state index in [1.807, 2.05) is 17.0 Å². The molecule has 0 bridgehead atoms. The summed E-state index contributed by atoms with van der Waals surface area (Å²) in [7, 11) is -3.67. The first-order valence-corrected chi connectivity index (χ1v) is 12.1. The molecule has 1 aliphatic heterocycles. The lowest BCUT2D eigenvalue weighted by atomic mass is 10.00. The topological polar surface area (TPSA) is 95.9 Å². The Morgan fingerprint density at radius 2 is 1.91 bits per heavy atom. The van der Waals surface area contributed by atoms with Crippen LogP contribution < -0.4 is 10.2 Å². The van der Waals surface area contributed by atoms with Crippen molar-refractivity contribution in [3.05, 3.63) is 59.1 Å². The van der Waals surface area contributed by atoms with Gasteiger partial charge in [-0.1, -0.05) is 29.7 Å². The highest BCUT2D eigenvalue weighted by molar-refractivity contribution is 7.92. The van der Waals surface area contributed by atoms with Gasteiger partial charge in [0, 0.05) is 18.1 Å². The number of ether oxygens (including phenoxy) is 1. The van der Waals surface area contributed by atoms with Gasteiger partial charge in [-0.2, -0.15) is 0 Å². The molecule has 0 radical (unpaired) electrons. The molecule has 7 nitrogen and oxygen atoms in total. The van der Waals surface area contributed by atoms with E-state index in [0.717, 1.165) is 5.56 Å². The smallest absolute Gasteiger partial charge is 0.260 e. The first-order chi connectivity index (χ1) is 15.3. The van der Waals surface area contributed by atoms with Crippen molar-refractivity contribution >= 4 is 27.3 Å². The molecule has 9 heteroatoms. The molecule has 170 valence electrons.